The molecule has 1 amide bonds. The van der Waals surface area contributed by atoms with E-state index in [1.807, 2.05) is 35.0 Å². The molecule has 0 aliphatic heterocycles. The maximum atomic E-state index is 14.0. The van der Waals surface area contributed by atoms with E-state index in [0.717, 1.165) is 21.1 Å². The number of para-hydroxylation sites is 1. The Hall–Kier alpha value is -4.08. The third-order valence-corrected chi connectivity index (χ3v) is 4.36. The van der Waals surface area contributed by atoms with Crippen molar-refractivity contribution in [3.05, 3.63) is 71.7 Å². The van der Waals surface area contributed by atoms with E-state index in [1.54, 1.807) is 24.4 Å². The summed E-state index contributed by atoms with van der Waals surface area (Å²) in [5.41, 5.74) is 10.3. The molecule has 2 aromatic carbocycles. The highest BCUT2D eigenvalue weighted by Crippen LogP contribution is 2.22. The van der Waals surface area contributed by atoms with Crippen LogP contribution in [0.3, 0.4) is 0 Å². The monoisotopic (exact) mass is 392 g/mol. The predicted molar refractivity (Wildman–Crippen MR) is 105 cm³/mol. The van der Waals surface area contributed by atoms with Crippen molar-refractivity contribution < 1.29 is 9.18 Å². The first-order valence-electron chi connectivity index (χ1n) is 8.76. The van der Waals surface area contributed by atoms with E-state index in [2.05, 4.69) is 26.1 Å². The van der Waals surface area contributed by atoms with Gasteiger partial charge >= 0.3 is 0 Å². The van der Waals surface area contributed by atoms with Gasteiger partial charge < -0.3 is 10.3 Å². The zero-order chi connectivity index (χ0) is 20.2. The Balaban J connectivity index is 1.53. The van der Waals surface area contributed by atoms with Crippen molar-refractivity contribution >= 4 is 29.0 Å². The maximum Gasteiger partial charge on any atom is 0.261 e. The van der Waals surface area contributed by atoms with Gasteiger partial charge in [0.25, 0.3) is 5.91 Å². The molecule has 9 nitrogen and oxygen atoms in total. The number of fused-ring (bicyclic) bond motifs is 1. The molecule has 4 aromatic rings. The van der Waals surface area contributed by atoms with Gasteiger partial charge in [0.1, 0.15) is 12.4 Å². The Morgan fingerprint density at radius 3 is 2.79 bits per heavy atom. The van der Waals surface area contributed by atoms with Crippen molar-refractivity contribution in [3.8, 4) is 0 Å². The Morgan fingerprint density at radius 2 is 2.00 bits per heavy atom. The molecule has 2 heterocycles. The molecule has 0 saturated carbocycles. The largest absolute Gasteiger partial charge is 0.367 e. The van der Waals surface area contributed by atoms with Crippen LogP contribution in [0, 0.1) is 5.82 Å². The molecule has 0 fully saturated rings. The van der Waals surface area contributed by atoms with Gasteiger partial charge in [-0.3, -0.25) is 4.79 Å². The second-order valence-corrected chi connectivity index (χ2v) is 6.31. The topological polar surface area (TPSA) is 116 Å². The molecule has 4 rings (SSSR count). The fourth-order valence-electron chi connectivity index (χ4n) is 2.99. The summed E-state index contributed by atoms with van der Waals surface area (Å²) < 4.78 is 17.1. The number of nitrogens with two attached hydrogens (primary N) is 1. The number of aromatic nitrogens is 5. The minimum Gasteiger partial charge on any atom is -0.367 e. The lowest BCUT2D eigenvalue weighted by Crippen LogP contribution is -2.24. The fourth-order valence-corrected chi connectivity index (χ4v) is 2.99. The molecule has 0 bridgehead atoms. The van der Waals surface area contributed by atoms with Crippen LogP contribution in [-0.2, 0) is 17.9 Å². The number of hydrogen-bond donors (Lipinski definition) is 2. The van der Waals surface area contributed by atoms with Crippen LogP contribution >= 0.6 is 0 Å². The van der Waals surface area contributed by atoms with Crippen LogP contribution in [0.5, 0.6) is 0 Å². The summed E-state index contributed by atoms with van der Waals surface area (Å²) >= 11 is 0. The van der Waals surface area contributed by atoms with E-state index in [9.17, 15) is 9.18 Å². The minimum atomic E-state index is -0.421. The molecule has 0 aliphatic carbocycles. The first-order chi connectivity index (χ1) is 14.1. The highest BCUT2D eigenvalue weighted by Gasteiger charge is 2.10. The lowest BCUT2D eigenvalue weighted by atomic mass is 10.2. The van der Waals surface area contributed by atoms with Crippen LogP contribution in [0.15, 0.2) is 59.8 Å². The Bertz CT molecular complexity index is 1200. The second kappa shape index (κ2) is 7.89. The number of nitrogens with one attached hydrogen (secondary N) is 1. The molecule has 0 aliphatic rings. The average molecular weight is 392 g/mol. The third-order valence-electron chi connectivity index (χ3n) is 4.36. The van der Waals surface area contributed by atoms with Gasteiger partial charge in [0.15, 0.2) is 0 Å². The van der Waals surface area contributed by atoms with Gasteiger partial charge in [-0.2, -0.15) is 5.10 Å². The number of anilines is 1. The van der Waals surface area contributed by atoms with E-state index in [-0.39, 0.29) is 18.3 Å². The number of amides is 1. The summed E-state index contributed by atoms with van der Waals surface area (Å²) in [6, 6.07) is 14.4. The van der Waals surface area contributed by atoms with E-state index < -0.39 is 5.91 Å². The summed E-state index contributed by atoms with van der Waals surface area (Å²) in [5, 5.41) is 15.4. The number of benzene rings is 2. The van der Waals surface area contributed by atoms with Crippen LogP contribution in [-0.4, -0.2) is 36.9 Å². The number of hydrogen-bond acceptors (Lipinski definition) is 6. The molecule has 0 saturated heterocycles. The predicted octanol–water partition coefficient (Wildman–Crippen LogP) is 1.55. The third kappa shape index (κ3) is 3.95. The van der Waals surface area contributed by atoms with Gasteiger partial charge in [-0.05, 0) is 22.6 Å². The molecule has 3 N–H and O–H groups in total. The number of carbonyl (C=O) groups excluding carboxylic acids is 1. The zero-order valence-corrected chi connectivity index (χ0v) is 15.2. The maximum absolute atomic E-state index is 14.0. The molecule has 0 unspecified atom stereocenters. The number of nitrogen functional groups attached to an aromatic ring is 1. The van der Waals surface area contributed by atoms with E-state index in [0.29, 0.717) is 12.1 Å². The number of tetrazole rings is 1. The number of rotatable bonds is 6. The van der Waals surface area contributed by atoms with Crippen LogP contribution in [0.2, 0.25) is 0 Å². The van der Waals surface area contributed by atoms with Crippen LogP contribution in [0.4, 0.5) is 10.3 Å². The van der Waals surface area contributed by atoms with Gasteiger partial charge in [0.2, 0.25) is 5.95 Å². The number of hydrazone groups is 1. The number of carbonyl (C=O) groups is 1. The Labute approximate surface area is 164 Å². The number of nitrogens with zero attached hydrogens (tertiary/aromatic N) is 6. The molecule has 146 valence electrons. The van der Waals surface area contributed by atoms with Crippen LogP contribution in [0.25, 0.3) is 10.9 Å². The molecule has 0 spiro atoms. The molecular formula is C19H17FN8O. The van der Waals surface area contributed by atoms with E-state index in [1.165, 1.54) is 6.07 Å². The lowest BCUT2D eigenvalue weighted by Gasteiger charge is -2.06. The van der Waals surface area contributed by atoms with Gasteiger partial charge in [0.05, 0.1) is 12.8 Å². The molecular weight excluding hydrogens is 375 g/mol. The summed E-state index contributed by atoms with van der Waals surface area (Å²) in [6.45, 7) is 0.233. The quantitative estimate of drug-likeness (QED) is 0.381. The Morgan fingerprint density at radius 1 is 1.21 bits per heavy atom. The van der Waals surface area contributed by atoms with Crippen molar-refractivity contribution in [1.29, 1.82) is 0 Å². The van der Waals surface area contributed by atoms with Crippen LogP contribution < -0.4 is 11.2 Å². The highest BCUT2D eigenvalue weighted by molar-refractivity contribution is 5.99. The lowest BCUT2D eigenvalue weighted by molar-refractivity contribution is -0.121. The average Bonchev–Trinajstić information content (AvgIpc) is 3.28. The van der Waals surface area contributed by atoms with Crippen molar-refractivity contribution in [2.45, 2.75) is 13.1 Å². The van der Waals surface area contributed by atoms with Gasteiger partial charge in [0, 0.05) is 28.2 Å². The summed E-state index contributed by atoms with van der Waals surface area (Å²) in [4.78, 5) is 12.0. The van der Waals surface area contributed by atoms with Crippen molar-refractivity contribution in [2.75, 3.05) is 5.73 Å². The van der Waals surface area contributed by atoms with Crippen molar-refractivity contribution in [2.24, 2.45) is 5.10 Å². The molecule has 2 aromatic heterocycles. The summed E-state index contributed by atoms with van der Waals surface area (Å²) in [7, 11) is 0. The zero-order valence-electron chi connectivity index (χ0n) is 15.2. The van der Waals surface area contributed by atoms with Gasteiger partial charge in [-0.1, -0.05) is 41.5 Å². The van der Waals surface area contributed by atoms with Crippen molar-refractivity contribution in [1.82, 2.24) is 30.2 Å². The smallest absolute Gasteiger partial charge is 0.261 e. The second-order valence-electron chi connectivity index (χ2n) is 6.31. The Kier molecular flexibility index (Phi) is 4.97. The summed E-state index contributed by atoms with van der Waals surface area (Å²) in [6.07, 6.45) is 3.41. The SMILES string of the molecule is Nc1nnnn1CC(=O)NN=Cc1cn(Cc2ccccc2F)c2ccccc12. The molecule has 10 heteroatoms. The number of halogens is 1. The molecule has 0 atom stereocenters. The van der Waals surface area contributed by atoms with Crippen molar-refractivity contribution in [3.63, 3.8) is 0 Å². The highest BCUT2D eigenvalue weighted by atomic mass is 19.1. The standard InChI is InChI=1S/C19H17FN8O/c20-16-7-3-1-5-13(16)10-27-11-14(15-6-2-4-8-17(15)27)9-22-23-18(29)12-28-19(21)24-25-26-28/h1-9,11H,10,12H2,(H,23,29)(H2,21,24,26). The first kappa shape index (κ1) is 18.3. The summed E-state index contributed by atoms with van der Waals surface area (Å²) in [5.74, 6) is -0.634. The fraction of sp³-hybridized carbons (Fsp3) is 0.105. The van der Waals surface area contributed by atoms with Gasteiger partial charge in [-0.15, -0.1) is 0 Å². The van der Waals surface area contributed by atoms with E-state index >= 15 is 0 Å². The van der Waals surface area contributed by atoms with Crippen LogP contribution in [0.1, 0.15) is 11.1 Å². The first-order valence-corrected chi connectivity index (χ1v) is 8.76. The minimum absolute atomic E-state index is 0.0420. The normalized spacial score (nSPS) is 11.3. The molecule has 0 radical (unpaired) electrons. The van der Waals surface area contributed by atoms with Gasteiger partial charge in [-0.25, -0.2) is 14.5 Å². The molecule has 29 heavy (non-hydrogen) atoms. The van der Waals surface area contributed by atoms with E-state index in [4.69, 9.17) is 5.73 Å².